The summed E-state index contributed by atoms with van der Waals surface area (Å²) in [5.41, 5.74) is 3.72. The van der Waals surface area contributed by atoms with Crippen LogP contribution in [0.4, 0.5) is 10.2 Å². The zero-order valence-corrected chi connectivity index (χ0v) is 10.2. The SMILES string of the molecule is NNc1ncccc1-c1nc(-c2ccc(F)cc2)no1. The van der Waals surface area contributed by atoms with E-state index >= 15 is 0 Å². The maximum Gasteiger partial charge on any atom is 0.262 e. The van der Waals surface area contributed by atoms with E-state index in [0.29, 0.717) is 22.8 Å². The van der Waals surface area contributed by atoms with Crippen LogP contribution >= 0.6 is 0 Å². The lowest BCUT2D eigenvalue weighted by Gasteiger charge is -2.01. The molecular weight excluding hydrogens is 261 g/mol. The van der Waals surface area contributed by atoms with Crippen LogP contribution in [0, 0.1) is 5.82 Å². The number of hydrogen-bond acceptors (Lipinski definition) is 6. The molecule has 3 aromatic rings. The Morgan fingerprint density at radius 3 is 2.70 bits per heavy atom. The fourth-order valence-corrected chi connectivity index (χ4v) is 1.74. The van der Waals surface area contributed by atoms with Crippen molar-refractivity contribution in [3.63, 3.8) is 0 Å². The number of benzene rings is 1. The predicted octanol–water partition coefficient (Wildman–Crippen LogP) is 2.22. The highest BCUT2D eigenvalue weighted by Gasteiger charge is 2.14. The van der Waals surface area contributed by atoms with Crippen molar-refractivity contribution in [1.29, 1.82) is 0 Å². The summed E-state index contributed by atoms with van der Waals surface area (Å²) in [5, 5.41) is 3.86. The van der Waals surface area contributed by atoms with E-state index in [9.17, 15) is 4.39 Å². The lowest BCUT2D eigenvalue weighted by atomic mass is 10.2. The van der Waals surface area contributed by atoms with Gasteiger partial charge in [-0.1, -0.05) is 5.16 Å². The van der Waals surface area contributed by atoms with Gasteiger partial charge in [0.25, 0.3) is 5.89 Å². The number of hydrogen-bond donors (Lipinski definition) is 2. The molecule has 0 atom stereocenters. The first-order chi connectivity index (χ1) is 9.78. The second kappa shape index (κ2) is 5.06. The number of anilines is 1. The third-order valence-electron chi connectivity index (χ3n) is 2.70. The molecule has 1 aromatic carbocycles. The second-order valence-electron chi connectivity index (χ2n) is 3.97. The summed E-state index contributed by atoms with van der Waals surface area (Å²) in [5.74, 6) is 6.14. The van der Waals surface area contributed by atoms with Crippen LogP contribution in [0.25, 0.3) is 22.8 Å². The highest BCUT2D eigenvalue weighted by Crippen LogP contribution is 2.26. The van der Waals surface area contributed by atoms with Crippen LogP contribution in [0.2, 0.25) is 0 Å². The minimum absolute atomic E-state index is 0.283. The molecule has 7 heteroatoms. The van der Waals surface area contributed by atoms with Crippen molar-refractivity contribution in [2.45, 2.75) is 0 Å². The van der Waals surface area contributed by atoms with E-state index in [4.69, 9.17) is 10.4 Å². The van der Waals surface area contributed by atoms with E-state index in [1.54, 1.807) is 30.5 Å². The van der Waals surface area contributed by atoms with Crippen LogP contribution in [0.5, 0.6) is 0 Å². The summed E-state index contributed by atoms with van der Waals surface area (Å²) in [6.07, 6.45) is 1.59. The summed E-state index contributed by atoms with van der Waals surface area (Å²) in [6, 6.07) is 9.32. The molecule has 2 aromatic heterocycles. The normalized spacial score (nSPS) is 10.5. The third-order valence-corrected chi connectivity index (χ3v) is 2.70. The molecule has 0 fully saturated rings. The largest absolute Gasteiger partial charge is 0.333 e. The number of aromatic nitrogens is 3. The van der Waals surface area contributed by atoms with E-state index in [0.717, 1.165) is 0 Å². The Bertz CT molecular complexity index is 726. The van der Waals surface area contributed by atoms with Crippen LogP contribution in [0.15, 0.2) is 47.1 Å². The van der Waals surface area contributed by atoms with Crippen molar-refractivity contribution in [3.8, 4) is 22.8 Å². The van der Waals surface area contributed by atoms with Crippen LogP contribution in [0.1, 0.15) is 0 Å². The number of rotatable bonds is 3. The monoisotopic (exact) mass is 271 g/mol. The molecule has 100 valence electrons. The van der Waals surface area contributed by atoms with Crippen molar-refractivity contribution in [2.24, 2.45) is 5.84 Å². The van der Waals surface area contributed by atoms with Crippen molar-refractivity contribution >= 4 is 5.82 Å². The number of pyridine rings is 1. The van der Waals surface area contributed by atoms with Gasteiger partial charge in [-0.15, -0.1) is 0 Å². The van der Waals surface area contributed by atoms with E-state index in [2.05, 4.69) is 20.6 Å². The smallest absolute Gasteiger partial charge is 0.262 e. The van der Waals surface area contributed by atoms with Gasteiger partial charge in [0, 0.05) is 11.8 Å². The Morgan fingerprint density at radius 1 is 1.15 bits per heavy atom. The number of nitrogens with two attached hydrogens (primary N) is 1. The molecular formula is C13H10FN5O. The standard InChI is InChI=1S/C13H10FN5O/c14-9-5-3-8(4-6-9)11-17-13(20-19-11)10-2-1-7-16-12(10)18-15/h1-7H,15H2,(H,16,18). The van der Waals surface area contributed by atoms with Gasteiger partial charge in [0.2, 0.25) is 5.82 Å². The fraction of sp³-hybridized carbons (Fsp3) is 0. The molecule has 3 rings (SSSR count). The summed E-state index contributed by atoms with van der Waals surface area (Å²) in [7, 11) is 0. The molecule has 0 aliphatic heterocycles. The first-order valence-electron chi connectivity index (χ1n) is 5.79. The summed E-state index contributed by atoms with van der Waals surface area (Å²) in [4.78, 5) is 8.31. The van der Waals surface area contributed by atoms with E-state index in [-0.39, 0.29) is 11.7 Å². The quantitative estimate of drug-likeness (QED) is 0.560. The van der Waals surface area contributed by atoms with Gasteiger partial charge in [-0.3, -0.25) is 0 Å². The molecule has 0 aliphatic carbocycles. The Kier molecular flexibility index (Phi) is 3.10. The molecule has 0 saturated carbocycles. The lowest BCUT2D eigenvalue weighted by molar-refractivity contribution is 0.432. The van der Waals surface area contributed by atoms with Crippen molar-refractivity contribution < 1.29 is 8.91 Å². The Hall–Kier alpha value is -2.80. The number of nitrogen functional groups attached to an aromatic ring is 1. The van der Waals surface area contributed by atoms with Gasteiger partial charge in [0.05, 0.1) is 5.56 Å². The van der Waals surface area contributed by atoms with Gasteiger partial charge in [-0.25, -0.2) is 15.2 Å². The maximum atomic E-state index is 12.9. The van der Waals surface area contributed by atoms with Crippen molar-refractivity contribution in [3.05, 3.63) is 48.4 Å². The number of nitrogens with zero attached hydrogens (tertiary/aromatic N) is 3. The van der Waals surface area contributed by atoms with E-state index < -0.39 is 0 Å². The molecule has 3 N–H and O–H groups in total. The number of hydrazine groups is 1. The maximum absolute atomic E-state index is 12.9. The minimum Gasteiger partial charge on any atom is -0.333 e. The first kappa shape index (κ1) is 12.2. The zero-order valence-electron chi connectivity index (χ0n) is 10.2. The van der Waals surface area contributed by atoms with Gasteiger partial charge in [-0.2, -0.15) is 4.98 Å². The van der Waals surface area contributed by atoms with Crippen LogP contribution in [-0.2, 0) is 0 Å². The molecule has 0 bridgehead atoms. The van der Waals surface area contributed by atoms with E-state index in [1.807, 2.05) is 0 Å². The molecule has 0 radical (unpaired) electrons. The van der Waals surface area contributed by atoms with Gasteiger partial charge in [0.1, 0.15) is 5.82 Å². The molecule has 0 amide bonds. The molecule has 20 heavy (non-hydrogen) atoms. The summed E-state index contributed by atoms with van der Waals surface area (Å²) in [6.45, 7) is 0. The van der Waals surface area contributed by atoms with Crippen molar-refractivity contribution in [1.82, 2.24) is 15.1 Å². The topological polar surface area (TPSA) is 89.9 Å². The molecule has 2 heterocycles. The third kappa shape index (κ3) is 2.21. The molecule has 0 unspecified atom stereocenters. The highest BCUT2D eigenvalue weighted by molar-refractivity contribution is 5.69. The van der Waals surface area contributed by atoms with E-state index in [1.165, 1.54) is 12.1 Å². The van der Waals surface area contributed by atoms with Crippen LogP contribution < -0.4 is 11.3 Å². The number of halogens is 1. The number of nitrogens with one attached hydrogen (secondary N) is 1. The fourth-order valence-electron chi connectivity index (χ4n) is 1.74. The van der Waals surface area contributed by atoms with Gasteiger partial charge in [-0.05, 0) is 36.4 Å². The average molecular weight is 271 g/mol. The first-order valence-corrected chi connectivity index (χ1v) is 5.79. The highest BCUT2D eigenvalue weighted by atomic mass is 19.1. The Morgan fingerprint density at radius 2 is 1.95 bits per heavy atom. The van der Waals surface area contributed by atoms with Crippen LogP contribution in [0.3, 0.4) is 0 Å². The summed E-state index contributed by atoms with van der Waals surface area (Å²) >= 11 is 0. The van der Waals surface area contributed by atoms with Crippen molar-refractivity contribution in [2.75, 3.05) is 5.43 Å². The van der Waals surface area contributed by atoms with Crippen LogP contribution in [-0.4, -0.2) is 15.1 Å². The Labute approximate surface area is 113 Å². The van der Waals surface area contributed by atoms with Gasteiger partial charge >= 0.3 is 0 Å². The van der Waals surface area contributed by atoms with Gasteiger partial charge in [0.15, 0.2) is 5.82 Å². The molecule has 0 aliphatic rings. The Balaban J connectivity index is 2.00. The zero-order chi connectivity index (χ0) is 13.9. The average Bonchev–Trinajstić information content (AvgIpc) is 2.97. The van der Waals surface area contributed by atoms with Gasteiger partial charge < -0.3 is 9.95 Å². The predicted molar refractivity (Wildman–Crippen MR) is 70.7 cm³/mol. The molecule has 0 saturated heterocycles. The minimum atomic E-state index is -0.320. The summed E-state index contributed by atoms with van der Waals surface area (Å²) < 4.78 is 18.1. The second-order valence-corrected chi connectivity index (χ2v) is 3.97. The molecule has 6 nitrogen and oxygen atoms in total. The lowest BCUT2D eigenvalue weighted by Crippen LogP contribution is -2.09. The molecule has 0 spiro atoms.